The summed E-state index contributed by atoms with van der Waals surface area (Å²) in [5.74, 6) is -0.685. The zero-order valence-electron chi connectivity index (χ0n) is 16.5. The Bertz CT molecular complexity index is 1110. The van der Waals surface area contributed by atoms with Gasteiger partial charge in [0, 0.05) is 23.6 Å². The van der Waals surface area contributed by atoms with Gasteiger partial charge in [0.25, 0.3) is 5.56 Å². The summed E-state index contributed by atoms with van der Waals surface area (Å²) in [6.07, 6.45) is 1.04. The van der Waals surface area contributed by atoms with Crippen LogP contribution in [-0.4, -0.2) is 28.8 Å². The minimum absolute atomic E-state index is 0.00600. The second kappa shape index (κ2) is 6.58. The molecule has 1 aromatic heterocycles. The Hall–Kier alpha value is -3.42. The van der Waals surface area contributed by atoms with E-state index in [0.29, 0.717) is 35.4 Å². The molecule has 2 heterocycles. The van der Waals surface area contributed by atoms with Crippen molar-refractivity contribution in [2.24, 2.45) is 5.41 Å². The molecular weight excluding hydrogens is 372 g/mol. The first-order valence-corrected chi connectivity index (χ1v) is 9.31. The van der Waals surface area contributed by atoms with Gasteiger partial charge < -0.3 is 15.8 Å². The molecule has 1 aliphatic carbocycles. The highest BCUT2D eigenvalue weighted by molar-refractivity contribution is 6.01. The summed E-state index contributed by atoms with van der Waals surface area (Å²) in [4.78, 5) is 44.4. The lowest BCUT2D eigenvalue weighted by molar-refractivity contribution is -0.118. The van der Waals surface area contributed by atoms with E-state index >= 15 is 0 Å². The van der Waals surface area contributed by atoms with Crippen molar-refractivity contribution >= 4 is 23.5 Å². The second-order valence-corrected chi connectivity index (χ2v) is 8.22. The summed E-state index contributed by atoms with van der Waals surface area (Å²) in [6.45, 7) is 4.07. The van der Waals surface area contributed by atoms with Crippen LogP contribution < -0.4 is 16.6 Å². The zero-order chi connectivity index (χ0) is 20.9. The Morgan fingerprint density at radius 1 is 1.21 bits per heavy atom. The average Bonchev–Trinajstić information content (AvgIpc) is 2.64. The highest BCUT2D eigenvalue weighted by Crippen LogP contribution is 2.47. The van der Waals surface area contributed by atoms with E-state index in [1.165, 1.54) is 7.11 Å². The number of ketones is 1. The maximum Gasteiger partial charge on any atom is 0.337 e. The first kappa shape index (κ1) is 18.9. The van der Waals surface area contributed by atoms with Crippen molar-refractivity contribution in [2.45, 2.75) is 32.6 Å². The molecule has 8 nitrogen and oxygen atoms in total. The minimum Gasteiger partial charge on any atom is -0.465 e. The maximum absolute atomic E-state index is 13.1. The van der Waals surface area contributed by atoms with E-state index in [4.69, 9.17) is 10.5 Å². The molecular formula is C21H22N4O4. The standard InChI is InChI=1S/C21H22N4O4/c1-21(2)8-12-15(13(26)9-21)14(10-4-6-11(7-5-10)19(28)29-3)16-17(23-12)24-20(22)25-18(16)27/h4-7,14H,8-9H2,1-3H3,(H4,22,23,24,25,27). The second-order valence-electron chi connectivity index (χ2n) is 8.22. The molecule has 8 heteroatoms. The van der Waals surface area contributed by atoms with Gasteiger partial charge in [-0.1, -0.05) is 26.0 Å². The number of rotatable bonds is 2. The van der Waals surface area contributed by atoms with E-state index in [0.717, 1.165) is 11.3 Å². The van der Waals surface area contributed by atoms with Gasteiger partial charge in [0.2, 0.25) is 5.95 Å². The highest BCUT2D eigenvalue weighted by Gasteiger charge is 2.42. The third-order valence-electron chi connectivity index (χ3n) is 5.41. The van der Waals surface area contributed by atoms with Crippen LogP contribution in [-0.2, 0) is 9.53 Å². The number of H-pyrrole nitrogens is 1. The van der Waals surface area contributed by atoms with Crippen molar-refractivity contribution in [2.75, 3.05) is 18.2 Å². The summed E-state index contributed by atoms with van der Waals surface area (Å²) in [5.41, 5.74) is 7.93. The molecule has 0 fully saturated rings. The Balaban J connectivity index is 1.92. The lowest BCUT2D eigenvalue weighted by atomic mass is 9.69. The van der Waals surface area contributed by atoms with E-state index < -0.39 is 17.4 Å². The Morgan fingerprint density at radius 2 is 1.90 bits per heavy atom. The van der Waals surface area contributed by atoms with E-state index in [1.807, 2.05) is 13.8 Å². The summed E-state index contributed by atoms with van der Waals surface area (Å²) in [6, 6.07) is 6.72. The van der Waals surface area contributed by atoms with Gasteiger partial charge in [0.1, 0.15) is 5.82 Å². The van der Waals surface area contributed by atoms with Crippen LogP contribution in [0.4, 0.5) is 11.8 Å². The van der Waals surface area contributed by atoms with Crippen molar-refractivity contribution in [3.63, 3.8) is 0 Å². The number of methoxy groups -OCH3 is 1. The number of allylic oxidation sites excluding steroid dienone is 2. The number of aromatic amines is 1. The average molecular weight is 394 g/mol. The number of nitrogens with zero attached hydrogens (tertiary/aromatic N) is 1. The van der Waals surface area contributed by atoms with Crippen LogP contribution in [0.3, 0.4) is 0 Å². The normalized spacial score (nSPS) is 19.8. The SMILES string of the molecule is COC(=O)c1ccc(C2C3=C(CC(C)(C)CC3=O)Nc3nc(N)[nH]c(=O)c32)cc1. The molecule has 0 amide bonds. The lowest BCUT2D eigenvalue weighted by Gasteiger charge is -2.38. The molecule has 1 aromatic carbocycles. The van der Waals surface area contributed by atoms with Crippen LogP contribution >= 0.6 is 0 Å². The summed E-state index contributed by atoms with van der Waals surface area (Å²) in [7, 11) is 1.31. The van der Waals surface area contributed by atoms with Gasteiger partial charge in [0.15, 0.2) is 5.78 Å². The highest BCUT2D eigenvalue weighted by atomic mass is 16.5. The number of Topliss-reactive ketones (excluding diaryl/α,β-unsaturated/α-hetero) is 1. The molecule has 150 valence electrons. The number of nitrogens with one attached hydrogen (secondary N) is 2. The molecule has 2 aliphatic rings. The van der Waals surface area contributed by atoms with Crippen LogP contribution in [0.5, 0.6) is 0 Å². The quantitative estimate of drug-likeness (QED) is 0.667. The number of carbonyl (C=O) groups excluding carboxylic acids is 2. The Morgan fingerprint density at radius 3 is 2.55 bits per heavy atom. The van der Waals surface area contributed by atoms with Crippen LogP contribution in [0, 0.1) is 5.41 Å². The third kappa shape index (κ3) is 3.20. The van der Waals surface area contributed by atoms with Crippen molar-refractivity contribution < 1.29 is 14.3 Å². The maximum atomic E-state index is 13.1. The molecule has 1 aliphatic heterocycles. The number of fused-ring (bicyclic) bond motifs is 1. The smallest absolute Gasteiger partial charge is 0.337 e. The monoisotopic (exact) mass is 394 g/mol. The van der Waals surface area contributed by atoms with Crippen LogP contribution in [0.2, 0.25) is 0 Å². The molecule has 4 N–H and O–H groups in total. The third-order valence-corrected chi connectivity index (χ3v) is 5.41. The van der Waals surface area contributed by atoms with Gasteiger partial charge in [-0.05, 0) is 29.5 Å². The van der Waals surface area contributed by atoms with Crippen molar-refractivity contribution in [3.8, 4) is 0 Å². The van der Waals surface area contributed by atoms with Crippen LogP contribution in [0.25, 0.3) is 0 Å². The Labute approximate surface area is 167 Å². The number of nitrogen functional groups attached to an aromatic ring is 1. The summed E-state index contributed by atoms with van der Waals surface area (Å²) >= 11 is 0. The zero-order valence-corrected chi connectivity index (χ0v) is 16.5. The Kier molecular flexibility index (Phi) is 4.29. The minimum atomic E-state index is -0.589. The first-order valence-electron chi connectivity index (χ1n) is 9.31. The summed E-state index contributed by atoms with van der Waals surface area (Å²) < 4.78 is 4.74. The van der Waals surface area contributed by atoms with Gasteiger partial charge >= 0.3 is 5.97 Å². The topological polar surface area (TPSA) is 127 Å². The van der Waals surface area contributed by atoms with Crippen LogP contribution in [0.1, 0.15) is 54.1 Å². The first-order chi connectivity index (χ1) is 13.7. The fourth-order valence-electron chi connectivity index (χ4n) is 4.19. The number of nitrogens with two attached hydrogens (primary N) is 1. The molecule has 1 unspecified atom stereocenters. The molecule has 4 rings (SSSR count). The molecule has 0 saturated heterocycles. The predicted molar refractivity (Wildman–Crippen MR) is 108 cm³/mol. The van der Waals surface area contributed by atoms with Gasteiger partial charge in [-0.25, -0.2) is 4.79 Å². The molecule has 1 atom stereocenters. The number of ether oxygens (including phenoxy) is 1. The van der Waals surface area contributed by atoms with E-state index in [1.54, 1.807) is 24.3 Å². The molecule has 0 spiro atoms. The van der Waals surface area contributed by atoms with E-state index in [-0.39, 0.29) is 17.1 Å². The van der Waals surface area contributed by atoms with Crippen molar-refractivity contribution in [3.05, 3.63) is 62.6 Å². The number of hydrogen-bond acceptors (Lipinski definition) is 7. The van der Waals surface area contributed by atoms with Crippen LogP contribution in [0.15, 0.2) is 40.3 Å². The molecule has 0 radical (unpaired) electrons. The number of anilines is 2. The molecule has 2 aromatic rings. The van der Waals surface area contributed by atoms with Crippen molar-refractivity contribution in [1.82, 2.24) is 9.97 Å². The van der Waals surface area contributed by atoms with Gasteiger partial charge in [-0.15, -0.1) is 0 Å². The van der Waals surface area contributed by atoms with Gasteiger partial charge in [-0.2, -0.15) is 4.98 Å². The fraction of sp³-hybridized carbons (Fsp3) is 0.333. The van der Waals surface area contributed by atoms with Gasteiger partial charge in [-0.3, -0.25) is 14.6 Å². The summed E-state index contributed by atoms with van der Waals surface area (Å²) in [5, 5.41) is 3.18. The predicted octanol–water partition coefficient (Wildman–Crippen LogP) is 2.34. The molecule has 0 saturated carbocycles. The lowest BCUT2D eigenvalue weighted by Crippen LogP contribution is -2.37. The largest absolute Gasteiger partial charge is 0.465 e. The van der Waals surface area contributed by atoms with Crippen molar-refractivity contribution in [1.29, 1.82) is 0 Å². The number of benzene rings is 1. The number of carbonyl (C=O) groups is 2. The molecule has 0 bridgehead atoms. The number of aromatic nitrogens is 2. The number of esters is 1. The van der Waals surface area contributed by atoms with E-state index in [9.17, 15) is 14.4 Å². The fourth-order valence-corrected chi connectivity index (χ4v) is 4.19. The molecule has 29 heavy (non-hydrogen) atoms. The van der Waals surface area contributed by atoms with Gasteiger partial charge in [0.05, 0.1) is 18.2 Å². The number of hydrogen-bond donors (Lipinski definition) is 3. The van der Waals surface area contributed by atoms with E-state index in [2.05, 4.69) is 15.3 Å².